The molecule has 1 atom stereocenters. The first-order chi connectivity index (χ1) is 7.12. The zero-order valence-corrected chi connectivity index (χ0v) is 9.95. The van der Waals surface area contributed by atoms with E-state index in [2.05, 4.69) is 19.0 Å². The Bertz CT molecular complexity index is 254. The molecule has 0 saturated heterocycles. The van der Waals surface area contributed by atoms with Crippen molar-refractivity contribution in [2.45, 2.75) is 38.1 Å². The van der Waals surface area contributed by atoms with Gasteiger partial charge in [-0.3, -0.25) is 4.79 Å². The summed E-state index contributed by atoms with van der Waals surface area (Å²) in [6.07, 6.45) is 5.91. The van der Waals surface area contributed by atoms with E-state index in [-0.39, 0.29) is 11.4 Å². The average molecular weight is 211 g/mol. The molecule has 0 radical (unpaired) electrons. The van der Waals surface area contributed by atoms with Gasteiger partial charge >= 0.3 is 5.97 Å². The molecule has 86 valence electrons. The molecular weight excluding hydrogens is 190 g/mol. The van der Waals surface area contributed by atoms with Crippen LogP contribution < -0.4 is 0 Å². The first-order valence-corrected chi connectivity index (χ1v) is 5.86. The van der Waals surface area contributed by atoms with Gasteiger partial charge in [0.2, 0.25) is 0 Å². The Labute approximate surface area is 91.8 Å². The van der Waals surface area contributed by atoms with Crippen molar-refractivity contribution in [1.82, 2.24) is 4.90 Å². The lowest BCUT2D eigenvalue weighted by atomic mass is 9.73. The van der Waals surface area contributed by atoms with Gasteiger partial charge in [0, 0.05) is 6.04 Å². The molecule has 0 spiro atoms. The number of hydrogen-bond donors (Lipinski definition) is 0. The van der Waals surface area contributed by atoms with Crippen molar-refractivity contribution >= 4 is 5.97 Å². The summed E-state index contributed by atoms with van der Waals surface area (Å²) in [6.45, 7) is 0. The van der Waals surface area contributed by atoms with E-state index in [0.717, 1.165) is 12.8 Å². The molecule has 1 unspecified atom stereocenters. The van der Waals surface area contributed by atoms with Gasteiger partial charge in [0.25, 0.3) is 0 Å². The number of ether oxygens (including phenoxy) is 1. The molecule has 3 nitrogen and oxygen atoms in total. The van der Waals surface area contributed by atoms with Crippen LogP contribution in [0.1, 0.15) is 32.1 Å². The van der Waals surface area contributed by atoms with Crippen LogP contribution in [0, 0.1) is 11.3 Å². The summed E-state index contributed by atoms with van der Waals surface area (Å²) in [5, 5.41) is 0. The molecule has 0 aliphatic heterocycles. The number of esters is 1. The SMILES string of the molecule is COC(=O)C1(C(C2CCC2)N(C)C)CC1. The molecule has 15 heavy (non-hydrogen) atoms. The summed E-state index contributed by atoms with van der Waals surface area (Å²) < 4.78 is 4.96. The second-order valence-electron chi connectivity index (χ2n) is 5.25. The number of nitrogens with zero attached hydrogens (tertiary/aromatic N) is 1. The lowest BCUT2D eigenvalue weighted by molar-refractivity contribution is -0.151. The largest absolute Gasteiger partial charge is 0.469 e. The molecular formula is C12H21NO2. The third kappa shape index (κ3) is 1.67. The third-order valence-electron chi connectivity index (χ3n) is 4.10. The van der Waals surface area contributed by atoms with Crippen LogP contribution in [0.3, 0.4) is 0 Å². The maximum atomic E-state index is 11.8. The zero-order valence-electron chi connectivity index (χ0n) is 9.95. The third-order valence-corrected chi connectivity index (χ3v) is 4.10. The van der Waals surface area contributed by atoms with E-state index < -0.39 is 0 Å². The van der Waals surface area contributed by atoms with Gasteiger partial charge in [-0.05, 0) is 45.7 Å². The molecule has 2 saturated carbocycles. The molecule has 0 aromatic rings. The predicted octanol–water partition coefficient (Wildman–Crippen LogP) is 1.67. The fourth-order valence-electron chi connectivity index (χ4n) is 3.08. The molecule has 0 aromatic heterocycles. The van der Waals surface area contributed by atoms with Gasteiger partial charge < -0.3 is 9.64 Å². The van der Waals surface area contributed by atoms with Crippen LogP contribution in [-0.4, -0.2) is 38.1 Å². The first-order valence-electron chi connectivity index (χ1n) is 5.86. The highest BCUT2D eigenvalue weighted by atomic mass is 16.5. The second kappa shape index (κ2) is 3.78. The van der Waals surface area contributed by atoms with E-state index >= 15 is 0 Å². The van der Waals surface area contributed by atoms with E-state index in [1.54, 1.807) is 0 Å². The van der Waals surface area contributed by atoms with Crippen LogP contribution in [0.2, 0.25) is 0 Å². The van der Waals surface area contributed by atoms with Crippen molar-refractivity contribution in [2.24, 2.45) is 11.3 Å². The summed E-state index contributed by atoms with van der Waals surface area (Å²) >= 11 is 0. The Hall–Kier alpha value is -0.570. The van der Waals surface area contributed by atoms with Crippen LogP contribution in [0.25, 0.3) is 0 Å². The summed E-state index contributed by atoms with van der Waals surface area (Å²) in [6, 6.07) is 0.402. The van der Waals surface area contributed by atoms with E-state index in [0.29, 0.717) is 12.0 Å². The zero-order chi connectivity index (χ0) is 11.1. The Morgan fingerprint density at radius 3 is 2.27 bits per heavy atom. The molecule has 2 rings (SSSR count). The fourth-order valence-corrected chi connectivity index (χ4v) is 3.08. The van der Waals surface area contributed by atoms with Gasteiger partial charge in [0.1, 0.15) is 0 Å². The van der Waals surface area contributed by atoms with Crippen LogP contribution in [0.5, 0.6) is 0 Å². The molecule has 0 N–H and O–H groups in total. The topological polar surface area (TPSA) is 29.5 Å². The number of carbonyl (C=O) groups excluding carboxylic acids is 1. The molecule has 2 aliphatic carbocycles. The summed E-state index contributed by atoms with van der Waals surface area (Å²) in [4.78, 5) is 14.1. The lowest BCUT2D eigenvalue weighted by Crippen LogP contribution is -2.48. The Balaban J connectivity index is 2.13. The van der Waals surface area contributed by atoms with Crippen molar-refractivity contribution in [2.75, 3.05) is 21.2 Å². The van der Waals surface area contributed by atoms with E-state index in [9.17, 15) is 4.79 Å². The molecule has 0 aromatic carbocycles. The Morgan fingerprint density at radius 1 is 1.40 bits per heavy atom. The van der Waals surface area contributed by atoms with E-state index in [1.165, 1.54) is 26.4 Å². The molecule has 0 amide bonds. The minimum absolute atomic E-state index is 0.00750. The fraction of sp³-hybridized carbons (Fsp3) is 0.917. The highest BCUT2D eigenvalue weighted by Crippen LogP contribution is 2.55. The predicted molar refractivity (Wildman–Crippen MR) is 58.5 cm³/mol. The van der Waals surface area contributed by atoms with Crippen LogP contribution >= 0.6 is 0 Å². The summed E-state index contributed by atoms with van der Waals surface area (Å²) in [7, 11) is 5.69. The minimum atomic E-state index is -0.163. The molecule has 2 aliphatic rings. The van der Waals surface area contributed by atoms with Gasteiger partial charge in [-0.2, -0.15) is 0 Å². The smallest absolute Gasteiger partial charge is 0.313 e. The number of rotatable bonds is 4. The Morgan fingerprint density at radius 2 is 2.00 bits per heavy atom. The van der Waals surface area contributed by atoms with Crippen LogP contribution in [-0.2, 0) is 9.53 Å². The number of methoxy groups -OCH3 is 1. The van der Waals surface area contributed by atoms with Crippen molar-refractivity contribution in [3.63, 3.8) is 0 Å². The number of hydrogen-bond acceptors (Lipinski definition) is 3. The molecule has 0 heterocycles. The van der Waals surface area contributed by atoms with Crippen molar-refractivity contribution < 1.29 is 9.53 Å². The van der Waals surface area contributed by atoms with Crippen LogP contribution in [0.15, 0.2) is 0 Å². The summed E-state index contributed by atoms with van der Waals surface area (Å²) in [5.41, 5.74) is -0.163. The monoisotopic (exact) mass is 211 g/mol. The average Bonchev–Trinajstić information content (AvgIpc) is 2.90. The molecule has 0 bridgehead atoms. The van der Waals surface area contributed by atoms with Gasteiger partial charge in [-0.15, -0.1) is 0 Å². The minimum Gasteiger partial charge on any atom is -0.469 e. The highest BCUT2D eigenvalue weighted by Gasteiger charge is 2.60. The first kappa shape index (κ1) is 10.9. The van der Waals surface area contributed by atoms with Gasteiger partial charge in [0.05, 0.1) is 12.5 Å². The molecule has 2 fully saturated rings. The molecule has 3 heteroatoms. The Kier molecular flexibility index (Phi) is 2.75. The second-order valence-corrected chi connectivity index (χ2v) is 5.25. The van der Waals surface area contributed by atoms with Gasteiger partial charge in [-0.25, -0.2) is 0 Å². The normalized spacial score (nSPS) is 25.9. The highest BCUT2D eigenvalue weighted by molar-refractivity contribution is 5.80. The number of carbonyl (C=O) groups is 1. The van der Waals surface area contributed by atoms with E-state index in [1.807, 2.05) is 0 Å². The summed E-state index contributed by atoms with van der Waals surface area (Å²) in [5.74, 6) is 0.717. The van der Waals surface area contributed by atoms with Crippen molar-refractivity contribution in [3.8, 4) is 0 Å². The van der Waals surface area contributed by atoms with Crippen molar-refractivity contribution in [3.05, 3.63) is 0 Å². The van der Waals surface area contributed by atoms with Crippen LogP contribution in [0.4, 0.5) is 0 Å². The van der Waals surface area contributed by atoms with E-state index in [4.69, 9.17) is 4.74 Å². The maximum absolute atomic E-state index is 11.8. The maximum Gasteiger partial charge on any atom is 0.313 e. The standard InChI is InChI=1S/C12H21NO2/c1-13(2)10(9-5-4-6-9)12(7-8-12)11(14)15-3/h9-10H,4-8H2,1-3H3. The lowest BCUT2D eigenvalue weighted by Gasteiger charge is -2.41. The van der Waals surface area contributed by atoms with Gasteiger partial charge in [-0.1, -0.05) is 6.42 Å². The van der Waals surface area contributed by atoms with Gasteiger partial charge in [0.15, 0.2) is 0 Å². The quantitative estimate of drug-likeness (QED) is 0.662. The van der Waals surface area contributed by atoms with Crippen molar-refractivity contribution in [1.29, 1.82) is 0 Å².